The molecular weight excluding hydrogens is 420 g/mol. The number of allylic oxidation sites excluding steroid dienone is 1. The Morgan fingerprint density at radius 3 is 2.76 bits per heavy atom. The van der Waals surface area contributed by atoms with Gasteiger partial charge in [0.2, 0.25) is 5.91 Å². The maximum Gasteiger partial charge on any atom is 0.329 e. The Balaban J connectivity index is 1.43. The molecule has 1 aliphatic heterocycles. The third-order valence-electron chi connectivity index (χ3n) is 6.31. The van der Waals surface area contributed by atoms with Crippen LogP contribution >= 0.6 is 0 Å². The van der Waals surface area contributed by atoms with E-state index in [4.69, 9.17) is 4.74 Å². The standard InChI is InChI=1S/C24H28N6O3/c1-16(15-29(4)25-3)19-14-18(8-12-26-19)33-20-6-7-21(27-17(20)2)28-23(32)30-13-11-24(22(30)31)9-5-10-24/h6-8,12,14-15H,3,5,9-11,13H2,1-2,4H3,(H,27,28,32)/b16-15+. The van der Waals surface area contributed by atoms with Crippen LogP contribution in [0.25, 0.3) is 5.57 Å². The van der Waals surface area contributed by atoms with Gasteiger partial charge in [-0.3, -0.25) is 25.0 Å². The monoisotopic (exact) mass is 448 g/mol. The van der Waals surface area contributed by atoms with Crippen LogP contribution < -0.4 is 10.1 Å². The second-order valence-corrected chi connectivity index (χ2v) is 8.56. The highest BCUT2D eigenvalue weighted by Crippen LogP contribution is 2.49. The van der Waals surface area contributed by atoms with Crippen molar-refractivity contribution in [2.45, 2.75) is 39.5 Å². The number of aryl methyl sites for hydroxylation is 1. The minimum absolute atomic E-state index is 0.0594. The van der Waals surface area contributed by atoms with Crippen LogP contribution in [0.1, 0.15) is 44.0 Å². The Labute approximate surface area is 193 Å². The summed E-state index contributed by atoms with van der Waals surface area (Å²) in [6, 6.07) is 6.57. The summed E-state index contributed by atoms with van der Waals surface area (Å²) in [6.45, 7) is 7.67. The maximum absolute atomic E-state index is 12.6. The third kappa shape index (κ3) is 4.57. The number of likely N-dealkylation sites (tertiary alicyclic amines) is 1. The number of rotatable bonds is 6. The second-order valence-electron chi connectivity index (χ2n) is 8.56. The third-order valence-corrected chi connectivity index (χ3v) is 6.31. The van der Waals surface area contributed by atoms with Crippen LogP contribution in [0, 0.1) is 12.3 Å². The topological polar surface area (TPSA) is 100 Å². The predicted molar refractivity (Wildman–Crippen MR) is 126 cm³/mol. The fourth-order valence-electron chi connectivity index (χ4n) is 4.19. The Morgan fingerprint density at radius 2 is 2.12 bits per heavy atom. The minimum Gasteiger partial charge on any atom is -0.455 e. The first-order chi connectivity index (χ1) is 15.8. The van der Waals surface area contributed by atoms with Gasteiger partial charge in [-0.15, -0.1) is 0 Å². The van der Waals surface area contributed by atoms with Crippen molar-refractivity contribution in [3.8, 4) is 11.5 Å². The van der Waals surface area contributed by atoms with Crippen molar-refractivity contribution < 1.29 is 14.3 Å². The normalized spacial score (nSPS) is 17.0. The molecule has 3 heterocycles. The van der Waals surface area contributed by atoms with Gasteiger partial charge in [0.1, 0.15) is 17.3 Å². The fourth-order valence-corrected chi connectivity index (χ4v) is 4.19. The molecule has 0 radical (unpaired) electrons. The molecule has 2 aromatic rings. The molecule has 4 rings (SSSR count). The van der Waals surface area contributed by atoms with Crippen LogP contribution in [0.3, 0.4) is 0 Å². The van der Waals surface area contributed by atoms with Crippen LogP contribution in [0.4, 0.5) is 10.6 Å². The van der Waals surface area contributed by atoms with Gasteiger partial charge >= 0.3 is 6.03 Å². The van der Waals surface area contributed by atoms with Gasteiger partial charge in [-0.05, 0) is 56.9 Å². The Hall–Kier alpha value is -3.75. The first kappa shape index (κ1) is 22.4. The number of nitrogens with zero attached hydrogens (tertiary/aromatic N) is 5. The van der Waals surface area contributed by atoms with Gasteiger partial charge in [-0.25, -0.2) is 9.78 Å². The number of carbonyl (C=O) groups excluding carboxylic acids is 2. The number of carbonyl (C=O) groups is 2. The molecular formula is C24H28N6O3. The average molecular weight is 449 g/mol. The molecule has 3 amide bonds. The first-order valence-corrected chi connectivity index (χ1v) is 10.9. The van der Waals surface area contributed by atoms with Gasteiger partial charge < -0.3 is 4.74 Å². The summed E-state index contributed by atoms with van der Waals surface area (Å²) in [7, 11) is 1.79. The van der Waals surface area contributed by atoms with Crippen molar-refractivity contribution in [3.05, 3.63) is 48.1 Å². The Bertz CT molecular complexity index is 1120. The van der Waals surface area contributed by atoms with Gasteiger partial charge in [-0.2, -0.15) is 5.10 Å². The summed E-state index contributed by atoms with van der Waals surface area (Å²) >= 11 is 0. The van der Waals surface area contributed by atoms with Gasteiger partial charge in [0.15, 0.2) is 0 Å². The van der Waals surface area contributed by atoms with Crippen LogP contribution in [0.5, 0.6) is 11.5 Å². The predicted octanol–water partition coefficient (Wildman–Crippen LogP) is 4.42. The lowest BCUT2D eigenvalue weighted by Gasteiger charge is -2.35. The van der Waals surface area contributed by atoms with E-state index in [-0.39, 0.29) is 11.3 Å². The SMILES string of the molecule is C=NN(C)/C=C(\C)c1cc(Oc2ccc(NC(=O)N3CCC4(CCC4)C3=O)nc2C)ccn1. The van der Waals surface area contributed by atoms with E-state index in [0.29, 0.717) is 29.6 Å². The summed E-state index contributed by atoms with van der Waals surface area (Å²) in [4.78, 5) is 35.4. The lowest BCUT2D eigenvalue weighted by molar-refractivity contribution is -0.137. The molecule has 2 aromatic heterocycles. The van der Waals surface area contributed by atoms with E-state index in [0.717, 1.165) is 37.0 Å². The minimum atomic E-state index is -0.427. The number of hydrogen-bond acceptors (Lipinski definition) is 7. The van der Waals surface area contributed by atoms with Crippen LogP contribution in [-0.4, -0.2) is 52.1 Å². The quantitative estimate of drug-likeness (QED) is 0.519. The zero-order valence-corrected chi connectivity index (χ0v) is 19.2. The highest BCUT2D eigenvalue weighted by molar-refractivity contribution is 6.04. The van der Waals surface area contributed by atoms with Gasteiger partial charge in [0.25, 0.3) is 0 Å². The molecule has 1 aliphatic carbocycles. The Morgan fingerprint density at radius 1 is 1.33 bits per heavy atom. The molecule has 33 heavy (non-hydrogen) atoms. The van der Waals surface area contributed by atoms with E-state index in [1.807, 2.05) is 19.2 Å². The lowest BCUT2D eigenvalue weighted by Crippen LogP contribution is -2.43. The number of anilines is 1. The van der Waals surface area contributed by atoms with Gasteiger partial charge in [0.05, 0.1) is 16.8 Å². The average Bonchev–Trinajstić information content (AvgIpc) is 3.13. The molecule has 1 saturated heterocycles. The molecule has 1 spiro atoms. The molecule has 9 heteroatoms. The van der Waals surface area contributed by atoms with E-state index >= 15 is 0 Å². The molecule has 2 fully saturated rings. The van der Waals surface area contributed by atoms with Crippen molar-refractivity contribution in [1.29, 1.82) is 0 Å². The molecule has 0 bridgehead atoms. The summed E-state index contributed by atoms with van der Waals surface area (Å²) in [5.74, 6) is 1.48. The fraction of sp³-hybridized carbons (Fsp3) is 0.375. The summed E-state index contributed by atoms with van der Waals surface area (Å²) in [6.07, 6.45) is 7.06. The van der Waals surface area contributed by atoms with Gasteiger partial charge in [0, 0.05) is 38.8 Å². The van der Waals surface area contributed by atoms with Crippen molar-refractivity contribution in [1.82, 2.24) is 19.9 Å². The molecule has 2 aliphatic rings. The number of hydrazone groups is 1. The second kappa shape index (κ2) is 9.01. The first-order valence-electron chi connectivity index (χ1n) is 10.9. The molecule has 0 unspecified atom stereocenters. The van der Waals surface area contributed by atoms with Crippen molar-refractivity contribution in [2.75, 3.05) is 18.9 Å². The number of ether oxygens (including phenoxy) is 1. The molecule has 1 saturated carbocycles. The maximum atomic E-state index is 12.6. The zero-order chi connectivity index (χ0) is 23.6. The molecule has 9 nitrogen and oxygen atoms in total. The van der Waals surface area contributed by atoms with E-state index in [2.05, 4.69) is 27.1 Å². The number of imide groups is 1. The largest absolute Gasteiger partial charge is 0.455 e. The van der Waals surface area contributed by atoms with Crippen molar-refractivity contribution >= 4 is 30.0 Å². The van der Waals surface area contributed by atoms with Crippen molar-refractivity contribution in [2.24, 2.45) is 10.5 Å². The summed E-state index contributed by atoms with van der Waals surface area (Å²) in [5.41, 5.74) is 1.96. The highest BCUT2D eigenvalue weighted by atomic mass is 16.5. The van der Waals surface area contributed by atoms with Crippen molar-refractivity contribution in [3.63, 3.8) is 0 Å². The number of hydrogen-bond donors (Lipinski definition) is 1. The highest BCUT2D eigenvalue weighted by Gasteiger charge is 2.52. The van der Waals surface area contributed by atoms with Crippen LogP contribution in [0.15, 0.2) is 41.8 Å². The number of pyridine rings is 2. The number of urea groups is 1. The van der Waals surface area contributed by atoms with Crippen LogP contribution in [0.2, 0.25) is 0 Å². The smallest absolute Gasteiger partial charge is 0.329 e. The summed E-state index contributed by atoms with van der Waals surface area (Å²) in [5, 5.41) is 8.16. The number of amides is 3. The summed E-state index contributed by atoms with van der Waals surface area (Å²) < 4.78 is 6.00. The zero-order valence-electron chi connectivity index (χ0n) is 19.2. The lowest BCUT2D eigenvalue weighted by atomic mass is 9.68. The van der Waals surface area contributed by atoms with E-state index < -0.39 is 6.03 Å². The molecule has 1 N–H and O–H groups in total. The van der Waals surface area contributed by atoms with Gasteiger partial charge in [-0.1, -0.05) is 6.42 Å². The number of nitrogens with one attached hydrogen (secondary N) is 1. The molecule has 172 valence electrons. The Kier molecular flexibility index (Phi) is 6.13. The molecule has 0 atom stereocenters. The number of aromatic nitrogens is 2. The van der Waals surface area contributed by atoms with Crippen LogP contribution in [-0.2, 0) is 4.79 Å². The van der Waals surface area contributed by atoms with E-state index in [1.165, 1.54) is 4.90 Å². The van der Waals surface area contributed by atoms with E-state index in [1.54, 1.807) is 43.4 Å². The van der Waals surface area contributed by atoms with E-state index in [9.17, 15) is 9.59 Å². The molecule has 0 aromatic carbocycles.